The average molecular weight is 518 g/mol. The van der Waals surface area contributed by atoms with Gasteiger partial charge in [-0.3, -0.25) is 14.4 Å². The molecule has 5 rings (SSSR count). The molecule has 2 aromatic carbocycles. The molecule has 0 aliphatic carbocycles. The number of carbonyl (C=O) groups is 3. The first-order chi connectivity index (χ1) is 18.5. The zero-order valence-corrected chi connectivity index (χ0v) is 21.6. The van der Waals surface area contributed by atoms with Gasteiger partial charge in [-0.2, -0.15) is 0 Å². The molecule has 3 amide bonds. The van der Waals surface area contributed by atoms with Crippen molar-refractivity contribution in [3.63, 3.8) is 0 Å². The summed E-state index contributed by atoms with van der Waals surface area (Å²) in [6.07, 6.45) is 5.33. The predicted molar refractivity (Wildman–Crippen MR) is 142 cm³/mol. The SMILES string of the molecule is O=C(C[C@@H]1CCN2C[C@@H]1C=CCOc1ccccc1CN(C(=O)c1ccccc1)CC2=O)N1CC[C@@H](O)C1. The standard InChI is InChI=1S/C30H35N3O5/c34-26-13-15-32(20-26)28(35)17-23-12-14-31-18-24(23)10-6-16-38-27-11-5-4-9-25(27)19-33(21-29(31)36)30(37)22-7-2-1-3-8-22/h1-11,23-24,26,34H,12-21H2/t23-,24-,26+/m0/s1. The van der Waals surface area contributed by atoms with Crippen molar-refractivity contribution >= 4 is 17.7 Å². The van der Waals surface area contributed by atoms with Crippen LogP contribution in [0, 0.1) is 11.8 Å². The Bertz CT molecular complexity index is 1180. The molecule has 3 aliphatic heterocycles. The number of amides is 3. The fraction of sp³-hybridized carbons (Fsp3) is 0.433. The molecule has 38 heavy (non-hydrogen) atoms. The minimum absolute atomic E-state index is 0.00190. The van der Waals surface area contributed by atoms with Gasteiger partial charge in [0.15, 0.2) is 0 Å². The lowest BCUT2D eigenvalue weighted by molar-refractivity contribution is -0.135. The highest BCUT2D eigenvalue weighted by Gasteiger charge is 2.35. The van der Waals surface area contributed by atoms with Crippen LogP contribution in [-0.2, 0) is 16.1 Å². The number of hydrogen-bond donors (Lipinski definition) is 1. The highest BCUT2D eigenvalue weighted by Crippen LogP contribution is 2.30. The molecule has 3 aliphatic rings. The van der Waals surface area contributed by atoms with E-state index < -0.39 is 6.10 Å². The van der Waals surface area contributed by atoms with Crippen molar-refractivity contribution in [3.05, 3.63) is 77.9 Å². The predicted octanol–water partition coefficient (Wildman–Crippen LogP) is 2.73. The number of fused-ring (bicyclic) bond motifs is 3. The molecule has 2 bridgehead atoms. The molecule has 8 nitrogen and oxygen atoms in total. The second-order valence-corrected chi connectivity index (χ2v) is 10.4. The molecule has 3 atom stereocenters. The van der Waals surface area contributed by atoms with Crippen molar-refractivity contribution in [2.24, 2.45) is 11.8 Å². The molecule has 3 heterocycles. The Labute approximate surface area is 223 Å². The minimum Gasteiger partial charge on any atom is -0.489 e. The summed E-state index contributed by atoms with van der Waals surface area (Å²) < 4.78 is 6.08. The van der Waals surface area contributed by atoms with E-state index in [0.717, 1.165) is 5.56 Å². The maximum absolute atomic E-state index is 13.5. The molecule has 8 heteroatoms. The molecule has 0 saturated carbocycles. The number of rotatable bonds is 3. The van der Waals surface area contributed by atoms with Gasteiger partial charge in [0.25, 0.3) is 5.91 Å². The van der Waals surface area contributed by atoms with Gasteiger partial charge < -0.3 is 24.5 Å². The van der Waals surface area contributed by atoms with Gasteiger partial charge in [0.1, 0.15) is 18.9 Å². The topological polar surface area (TPSA) is 90.4 Å². The molecule has 0 aromatic heterocycles. The summed E-state index contributed by atoms with van der Waals surface area (Å²) in [4.78, 5) is 45.1. The quantitative estimate of drug-likeness (QED) is 0.633. The van der Waals surface area contributed by atoms with Gasteiger partial charge in [-0.25, -0.2) is 0 Å². The van der Waals surface area contributed by atoms with Gasteiger partial charge in [0, 0.05) is 43.7 Å². The van der Waals surface area contributed by atoms with Gasteiger partial charge in [-0.15, -0.1) is 0 Å². The lowest BCUT2D eigenvalue weighted by Gasteiger charge is -2.38. The molecule has 0 spiro atoms. The minimum atomic E-state index is -0.440. The summed E-state index contributed by atoms with van der Waals surface area (Å²) >= 11 is 0. The molecule has 1 N–H and O–H groups in total. The lowest BCUT2D eigenvalue weighted by Crippen LogP contribution is -2.48. The van der Waals surface area contributed by atoms with E-state index in [1.807, 2.05) is 53.4 Å². The largest absolute Gasteiger partial charge is 0.489 e. The van der Waals surface area contributed by atoms with Crippen molar-refractivity contribution in [3.8, 4) is 5.75 Å². The number of ether oxygens (including phenoxy) is 1. The Hall–Kier alpha value is -3.65. The van der Waals surface area contributed by atoms with Crippen LogP contribution in [0.4, 0.5) is 0 Å². The molecular weight excluding hydrogens is 482 g/mol. The first-order valence-electron chi connectivity index (χ1n) is 13.4. The Morgan fingerprint density at radius 2 is 1.71 bits per heavy atom. The van der Waals surface area contributed by atoms with Crippen LogP contribution < -0.4 is 4.74 Å². The monoisotopic (exact) mass is 517 g/mol. The first kappa shape index (κ1) is 26.0. The highest BCUT2D eigenvalue weighted by molar-refractivity contribution is 5.96. The summed E-state index contributed by atoms with van der Waals surface area (Å²) in [5, 5.41) is 9.84. The van der Waals surface area contributed by atoms with E-state index in [9.17, 15) is 19.5 Å². The highest BCUT2D eigenvalue weighted by atomic mass is 16.5. The van der Waals surface area contributed by atoms with E-state index in [0.29, 0.717) is 63.4 Å². The van der Waals surface area contributed by atoms with Crippen LogP contribution in [0.2, 0.25) is 0 Å². The zero-order valence-electron chi connectivity index (χ0n) is 21.6. The van der Waals surface area contributed by atoms with Crippen molar-refractivity contribution < 1.29 is 24.2 Å². The van der Waals surface area contributed by atoms with Crippen LogP contribution >= 0.6 is 0 Å². The third-order valence-corrected chi connectivity index (χ3v) is 7.80. The number of para-hydroxylation sites is 1. The van der Waals surface area contributed by atoms with Gasteiger partial charge in [0.2, 0.25) is 11.8 Å². The second kappa shape index (κ2) is 11.8. The number of hydrogen-bond acceptors (Lipinski definition) is 5. The van der Waals surface area contributed by atoms with Crippen LogP contribution in [0.3, 0.4) is 0 Å². The fourth-order valence-corrected chi connectivity index (χ4v) is 5.63. The Balaban J connectivity index is 1.37. The number of aliphatic hydroxyl groups is 1. The van der Waals surface area contributed by atoms with E-state index in [4.69, 9.17) is 4.74 Å². The summed E-state index contributed by atoms with van der Waals surface area (Å²) in [5.74, 6) is 0.538. The molecule has 0 unspecified atom stereocenters. The maximum Gasteiger partial charge on any atom is 0.254 e. The molecule has 2 aromatic rings. The Morgan fingerprint density at radius 1 is 0.921 bits per heavy atom. The molecule has 2 fully saturated rings. The van der Waals surface area contributed by atoms with Crippen molar-refractivity contribution in [1.82, 2.24) is 14.7 Å². The van der Waals surface area contributed by atoms with E-state index in [-0.39, 0.29) is 42.6 Å². The van der Waals surface area contributed by atoms with E-state index in [2.05, 4.69) is 6.08 Å². The summed E-state index contributed by atoms with van der Waals surface area (Å²) in [5.41, 5.74) is 1.37. The fourth-order valence-electron chi connectivity index (χ4n) is 5.63. The van der Waals surface area contributed by atoms with Crippen LogP contribution in [-0.4, -0.2) is 83.0 Å². The summed E-state index contributed by atoms with van der Waals surface area (Å²) in [6, 6.07) is 16.6. The smallest absolute Gasteiger partial charge is 0.254 e. The number of benzene rings is 2. The summed E-state index contributed by atoms with van der Waals surface area (Å²) in [6.45, 7) is 2.61. The zero-order chi connectivity index (χ0) is 26.5. The number of nitrogens with zero attached hydrogens (tertiary/aromatic N) is 3. The van der Waals surface area contributed by atoms with Crippen molar-refractivity contribution in [2.45, 2.75) is 31.9 Å². The van der Waals surface area contributed by atoms with Crippen LogP contribution in [0.15, 0.2) is 66.7 Å². The molecular formula is C30H35N3O5. The normalized spacial score (nSPS) is 24.1. The van der Waals surface area contributed by atoms with Gasteiger partial charge in [0.05, 0.1) is 12.6 Å². The van der Waals surface area contributed by atoms with E-state index in [1.165, 1.54) is 0 Å². The third-order valence-electron chi connectivity index (χ3n) is 7.80. The van der Waals surface area contributed by atoms with Crippen molar-refractivity contribution in [1.29, 1.82) is 0 Å². The third kappa shape index (κ3) is 6.07. The lowest BCUT2D eigenvalue weighted by atomic mass is 9.82. The number of carbonyl (C=O) groups excluding carboxylic acids is 3. The first-order valence-corrected chi connectivity index (χ1v) is 13.4. The number of piperidine rings is 1. The molecule has 2 saturated heterocycles. The molecule has 0 radical (unpaired) electrons. The average Bonchev–Trinajstić information content (AvgIpc) is 3.38. The number of likely N-dealkylation sites (tertiary alicyclic amines) is 1. The van der Waals surface area contributed by atoms with Gasteiger partial charge in [-0.05, 0) is 42.9 Å². The van der Waals surface area contributed by atoms with E-state index in [1.54, 1.807) is 21.9 Å². The van der Waals surface area contributed by atoms with Crippen LogP contribution in [0.5, 0.6) is 5.75 Å². The van der Waals surface area contributed by atoms with Crippen molar-refractivity contribution in [2.75, 3.05) is 39.3 Å². The second-order valence-electron chi connectivity index (χ2n) is 10.4. The van der Waals surface area contributed by atoms with Gasteiger partial charge >= 0.3 is 0 Å². The Kier molecular flexibility index (Phi) is 8.08. The van der Waals surface area contributed by atoms with Crippen LogP contribution in [0.1, 0.15) is 35.2 Å². The van der Waals surface area contributed by atoms with Gasteiger partial charge in [-0.1, -0.05) is 48.6 Å². The molecule has 200 valence electrons. The number of β-amino-alcohol motifs (C(OH)–C–C–N with tert-alkyl or cyclic N) is 1. The maximum atomic E-state index is 13.5. The Morgan fingerprint density at radius 3 is 2.50 bits per heavy atom. The van der Waals surface area contributed by atoms with Crippen LogP contribution in [0.25, 0.3) is 0 Å². The summed E-state index contributed by atoms with van der Waals surface area (Å²) in [7, 11) is 0. The van der Waals surface area contributed by atoms with E-state index >= 15 is 0 Å². The number of aliphatic hydroxyl groups excluding tert-OH is 1.